The van der Waals surface area contributed by atoms with Crippen molar-refractivity contribution in [3.63, 3.8) is 0 Å². The molecule has 0 unspecified atom stereocenters. The summed E-state index contributed by atoms with van der Waals surface area (Å²) < 4.78 is 37.3. The number of hydrogen-bond acceptors (Lipinski definition) is 2. The number of aromatic carboxylic acids is 1. The maximum atomic E-state index is 12.4. The molecule has 0 saturated heterocycles. The van der Waals surface area contributed by atoms with Crippen LogP contribution in [0.25, 0.3) is 0 Å². The third-order valence-electron chi connectivity index (χ3n) is 2.51. The first-order valence-corrected chi connectivity index (χ1v) is 5.94. The first kappa shape index (κ1) is 16.0. The van der Waals surface area contributed by atoms with Crippen molar-refractivity contribution in [2.45, 2.75) is 19.5 Å². The molecule has 0 aliphatic heterocycles. The first-order chi connectivity index (χ1) is 9.24. The summed E-state index contributed by atoms with van der Waals surface area (Å²) in [6, 6.07) is 4.97. The van der Waals surface area contributed by atoms with Crippen LogP contribution in [0.15, 0.2) is 24.3 Å². The molecule has 1 rings (SSSR count). The van der Waals surface area contributed by atoms with Gasteiger partial charge in [0, 0.05) is 12.1 Å². The van der Waals surface area contributed by atoms with E-state index >= 15 is 0 Å². The van der Waals surface area contributed by atoms with Gasteiger partial charge in [-0.2, -0.15) is 13.2 Å². The summed E-state index contributed by atoms with van der Waals surface area (Å²) in [7, 11) is 0. The van der Waals surface area contributed by atoms with E-state index in [9.17, 15) is 22.8 Å². The predicted octanol–water partition coefficient (Wildman–Crippen LogP) is 2.80. The molecule has 0 heterocycles. The van der Waals surface area contributed by atoms with E-state index in [0.29, 0.717) is 11.3 Å². The van der Waals surface area contributed by atoms with Gasteiger partial charge < -0.3 is 10.0 Å². The molecular weight excluding hydrogens is 275 g/mol. The lowest BCUT2D eigenvalue weighted by atomic mass is 10.1. The lowest BCUT2D eigenvalue weighted by Crippen LogP contribution is -2.39. The molecule has 0 aliphatic carbocycles. The lowest BCUT2D eigenvalue weighted by molar-refractivity contribution is -0.140. The maximum absolute atomic E-state index is 12.4. The molecular formula is C13H14F3NO3. The van der Waals surface area contributed by atoms with Gasteiger partial charge in [0.2, 0.25) is 0 Å². The van der Waals surface area contributed by atoms with E-state index in [0.717, 1.165) is 6.07 Å². The van der Waals surface area contributed by atoms with Gasteiger partial charge in [-0.1, -0.05) is 13.0 Å². The fourth-order valence-electron chi connectivity index (χ4n) is 1.71. The van der Waals surface area contributed by atoms with E-state index in [1.54, 1.807) is 6.92 Å². The van der Waals surface area contributed by atoms with Crippen LogP contribution in [-0.4, -0.2) is 41.1 Å². The van der Waals surface area contributed by atoms with Crippen molar-refractivity contribution in [3.8, 4) is 0 Å². The third-order valence-corrected chi connectivity index (χ3v) is 2.51. The van der Waals surface area contributed by atoms with Crippen LogP contribution >= 0.6 is 0 Å². The summed E-state index contributed by atoms with van der Waals surface area (Å²) in [5, 5.41) is 8.81. The van der Waals surface area contributed by atoms with Crippen molar-refractivity contribution in [2.75, 3.05) is 13.1 Å². The zero-order valence-corrected chi connectivity index (χ0v) is 10.8. The largest absolute Gasteiger partial charge is 0.478 e. The highest BCUT2D eigenvalue weighted by Gasteiger charge is 2.33. The Bertz CT molecular complexity index is 500. The summed E-state index contributed by atoms with van der Waals surface area (Å²) in [5.74, 6) is -2.07. The number of alkyl halides is 3. The highest BCUT2D eigenvalue weighted by atomic mass is 19.4. The SMILES string of the molecule is CCCN(CC(F)(F)F)C(=O)c1cccc(C(=O)O)c1. The van der Waals surface area contributed by atoms with Crippen LogP contribution < -0.4 is 0 Å². The second-order valence-electron chi connectivity index (χ2n) is 4.23. The van der Waals surface area contributed by atoms with Gasteiger partial charge in [0.05, 0.1) is 5.56 Å². The molecule has 0 spiro atoms. The smallest absolute Gasteiger partial charge is 0.406 e. The predicted molar refractivity (Wildman–Crippen MR) is 65.7 cm³/mol. The Morgan fingerprint density at radius 1 is 1.25 bits per heavy atom. The minimum atomic E-state index is -4.49. The number of nitrogens with zero attached hydrogens (tertiary/aromatic N) is 1. The van der Waals surface area contributed by atoms with Crippen LogP contribution in [0.4, 0.5) is 13.2 Å². The summed E-state index contributed by atoms with van der Waals surface area (Å²) in [4.78, 5) is 23.5. The standard InChI is InChI=1S/C13H14F3NO3/c1-2-6-17(8-13(14,15)16)11(18)9-4-3-5-10(7-9)12(19)20/h3-5,7H,2,6,8H2,1H3,(H,19,20). The van der Waals surface area contributed by atoms with Crippen molar-refractivity contribution in [1.82, 2.24) is 4.90 Å². The molecule has 0 bridgehead atoms. The second-order valence-corrected chi connectivity index (χ2v) is 4.23. The monoisotopic (exact) mass is 289 g/mol. The van der Waals surface area contributed by atoms with E-state index in [1.165, 1.54) is 18.2 Å². The van der Waals surface area contributed by atoms with Crippen molar-refractivity contribution in [1.29, 1.82) is 0 Å². The number of halogens is 3. The number of amides is 1. The average molecular weight is 289 g/mol. The molecule has 110 valence electrons. The number of rotatable bonds is 5. The Morgan fingerprint density at radius 2 is 1.85 bits per heavy atom. The second kappa shape index (κ2) is 6.40. The zero-order valence-electron chi connectivity index (χ0n) is 10.8. The van der Waals surface area contributed by atoms with Gasteiger partial charge in [0.25, 0.3) is 5.91 Å². The molecule has 0 radical (unpaired) electrons. The Morgan fingerprint density at radius 3 is 2.35 bits per heavy atom. The quantitative estimate of drug-likeness (QED) is 0.906. The summed E-state index contributed by atoms with van der Waals surface area (Å²) in [5.41, 5.74) is -0.207. The molecule has 0 fully saturated rings. The highest BCUT2D eigenvalue weighted by Crippen LogP contribution is 2.19. The molecule has 20 heavy (non-hydrogen) atoms. The van der Waals surface area contributed by atoms with Crippen molar-refractivity contribution in [2.24, 2.45) is 0 Å². The number of carboxylic acids is 1. The molecule has 0 aliphatic rings. The summed E-state index contributed by atoms with van der Waals surface area (Å²) >= 11 is 0. The summed E-state index contributed by atoms with van der Waals surface area (Å²) in [6.07, 6.45) is -4.12. The Labute approximate surface area is 113 Å². The Balaban J connectivity index is 3.00. The minimum absolute atomic E-state index is 0.0460. The van der Waals surface area contributed by atoms with Gasteiger partial charge in [-0.15, -0.1) is 0 Å². The first-order valence-electron chi connectivity index (χ1n) is 5.94. The molecule has 1 amide bonds. The fraction of sp³-hybridized carbons (Fsp3) is 0.385. The maximum Gasteiger partial charge on any atom is 0.406 e. The number of benzene rings is 1. The number of hydrogen-bond donors (Lipinski definition) is 1. The van der Waals surface area contributed by atoms with Gasteiger partial charge in [-0.25, -0.2) is 4.79 Å². The van der Waals surface area contributed by atoms with Crippen LogP contribution in [-0.2, 0) is 0 Å². The van der Waals surface area contributed by atoms with Gasteiger partial charge in [-0.3, -0.25) is 4.79 Å². The topological polar surface area (TPSA) is 57.6 Å². The van der Waals surface area contributed by atoms with Crippen LogP contribution in [0, 0.1) is 0 Å². The number of carboxylic acid groups (broad SMARTS) is 1. The Kier molecular flexibility index (Phi) is 5.12. The van der Waals surface area contributed by atoms with Gasteiger partial charge in [-0.05, 0) is 24.6 Å². The lowest BCUT2D eigenvalue weighted by Gasteiger charge is -2.23. The normalized spacial score (nSPS) is 11.2. The van der Waals surface area contributed by atoms with Gasteiger partial charge in [0.1, 0.15) is 6.54 Å². The fourth-order valence-corrected chi connectivity index (χ4v) is 1.71. The third kappa shape index (κ3) is 4.56. The molecule has 1 aromatic rings. The number of carbonyl (C=O) groups is 2. The molecule has 4 nitrogen and oxygen atoms in total. The van der Waals surface area contributed by atoms with Crippen molar-refractivity contribution < 1.29 is 27.9 Å². The summed E-state index contributed by atoms with van der Waals surface area (Å²) in [6.45, 7) is 0.261. The van der Waals surface area contributed by atoms with Crippen molar-refractivity contribution in [3.05, 3.63) is 35.4 Å². The van der Waals surface area contributed by atoms with Crippen LogP contribution in [0.3, 0.4) is 0 Å². The van der Waals surface area contributed by atoms with Gasteiger partial charge >= 0.3 is 12.1 Å². The molecule has 0 atom stereocenters. The Hall–Kier alpha value is -2.05. The molecule has 1 N–H and O–H groups in total. The van der Waals surface area contributed by atoms with E-state index in [-0.39, 0.29) is 17.7 Å². The molecule has 0 saturated carbocycles. The minimum Gasteiger partial charge on any atom is -0.478 e. The molecule has 7 heteroatoms. The van der Waals surface area contributed by atoms with E-state index < -0.39 is 24.6 Å². The van der Waals surface area contributed by atoms with Crippen LogP contribution in [0.2, 0.25) is 0 Å². The number of carbonyl (C=O) groups excluding carboxylic acids is 1. The zero-order chi connectivity index (χ0) is 15.3. The van der Waals surface area contributed by atoms with Gasteiger partial charge in [0.15, 0.2) is 0 Å². The molecule has 1 aromatic carbocycles. The van der Waals surface area contributed by atoms with Crippen LogP contribution in [0.5, 0.6) is 0 Å². The van der Waals surface area contributed by atoms with Crippen molar-refractivity contribution >= 4 is 11.9 Å². The van der Waals surface area contributed by atoms with E-state index in [2.05, 4.69) is 0 Å². The van der Waals surface area contributed by atoms with E-state index in [1.807, 2.05) is 0 Å². The molecule has 0 aromatic heterocycles. The van der Waals surface area contributed by atoms with Crippen LogP contribution in [0.1, 0.15) is 34.1 Å². The van der Waals surface area contributed by atoms with E-state index in [4.69, 9.17) is 5.11 Å². The average Bonchev–Trinajstić information content (AvgIpc) is 2.36. The highest BCUT2D eigenvalue weighted by molar-refractivity contribution is 5.97.